The molecule has 1 fully saturated rings. The Hall–Kier alpha value is -1.13. The van der Waals surface area contributed by atoms with Crippen molar-refractivity contribution in [1.82, 2.24) is 9.88 Å². The summed E-state index contributed by atoms with van der Waals surface area (Å²) in [4.78, 5) is 9.17. The molecule has 0 radical (unpaired) electrons. The molecule has 0 amide bonds. The van der Waals surface area contributed by atoms with E-state index in [2.05, 4.69) is 34.9 Å². The van der Waals surface area contributed by atoms with Gasteiger partial charge < -0.3 is 15.5 Å². The van der Waals surface area contributed by atoms with Crippen LogP contribution in [0.1, 0.15) is 31.5 Å². The molecule has 0 aromatic carbocycles. The van der Waals surface area contributed by atoms with E-state index in [0.717, 1.165) is 24.7 Å². The van der Waals surface area contributed by atoms with E-state index in [9.17, 15) is 0 Å². The first kappa shape index (κ1) is 14.3. The van der Waals surface area contributed by atoms with Crippen LogP contribution in [-0.2, 0) is 0 Å². The summed E-state index contributed by atoms with van der Waals surface area (Å²) >= 11 is 0. The van der Waals surface area contributed by atoms with Gasteiger partial charge in [0.05, 0.1) is 17.6 Å². The Morgan fingerprint density at radius 2 is 2.05 bits per heavy atom. The van der Waals surface area contributed by atoms with Gasteiger partial charge in [-0.1, -0.05) is 0 Å². The van der Waals surface area contributed by atoms with Crippen LogP contribution in [0.2, 0.25) is 0 Å². The first-order valence-corrected chi connectivity index (χ1v) is 7.17. The number of nitrogens with zero attached hydrogens (tertiary/aromatic N) is 3. The molecule has 1 aromatic rings. The van der Waals surface area contributed by atoms with Crippen LogP contribution < -0.4 is 10.6 Å². The SMILES string of the molecule is C[C@@H](N)c1ccc(N2CCC(CN(C)C)CC2)cn1. The molecule has 1 aliphatic heterocycles. The third kappa shape index (κ3) is 3.91. The van der Waals surface area contributed by atoms with Crippen molar-refractivity contribution in [2.24, 2.45) is 11.7 Å². The number of hydrogen-bond acceptors (Lipinski definition) is 4. The quantitative estimate of drug-likeness (QED) is 0.900. The van der Waals surface area contributed by atoms with E-state index < -0.39 is 0 Å². The zero-order valence-corrected chi connectivity index (χ0v) is 12.3. The fourth-order valence-electron chi connectivity index (χ4n) is 2.74. The molecular weight excluding hydrogens is 236 g/mol. The van der Waals surface area contributed by atoms with Gasteiger partial charge in [0.2, 0.25) is 0 Å². The van der Waals surface area contributed by atoms with Gasteiger partial charge in [0.1, 0.15) is 0 Å². The fraction of sp³-hybridized carbons (Fsp3) is 0.667. The van der Waals surface area contributed by atoms with Gasteiger partial charge in [-0.25, -0.2) is 0 Å². The molecule has 106 valence electrons. The van der Waals surface area contributed by atoms with Crippen LogP contribution >= 0.6 is 0 Å². The monoisotopic (exact) mass is 262 g/mol. The standard InChI is InChI=1S/C15H26N4/c1-12(16)15-5-4-14(10-17-15)19-8-6-13(7-9-19)11-18(2)3/h4-5,10,12-13H,6-9,11,16H2,1-3H3/t12-/m1/s1. The van der Waals surface area contributed by atoms with E-state index in [4.69, 9.17) is 5.73 Å². The average Bonchev–Trinajstić information content (AvgIpc) is 2.39. The highest BCUT2D eigenvalue weighted by molar-refractivity contribution is 5.45. The predicted molar refractivity (Wildman–Crippen MR) is 80.3 cm³/mol. The third-order valence-corrected chi connectivity index (χ3v) is 3.84. The van der Waals surface area contributed by atoms with Crippen molar-refractivity contribution in [3.8, 4) is 0 Å². The summed E-state index contributed by atoms with van der Waals surface area (Å²) in [6, 6.07) is 4.21. The van der Waals surface area contributed by atoms with Crippen molar-refractivity contribution in [1.29, 1.82) is 0 Å². The Kier molecular flexibility index (Phi) is 4.77. The molecule has 0 spiro atoms. The number of pyridine rings is 1. The molecule has 2 heterocycles. The van der Waals surface area contributed by atoms with E-state index in [-0.39, 0.29) is 6.04 Å². The van der Waals surface area contributed by atoms with Gasteiger partial charge in [0.15, 0.2) is 0 Å². The van der Waals surface area contributed by atoms with Gasteiger partial charge in [-0.2, -0.15) is 0 Å². The van der Waals surface area contributed by atoms with Gasteiger partial charge in [0, 0.05) is 25.7 Å². The predicted octanol–water partition coefficient (Wildman–Crippen LogP) is 1.88. The lowest BCUT2D eigenvalue weighted by Gasteiger charge is -2.34. The second-order valence-corrected chi connectivity index (χ2v) is 5.92. The highest BCUT2D eigenvalue weighted by Crippen LogP contribution is 2.23. The Labute approximate surface area is 116 Å². The fourth-order valence-corrected chi connectivity index (χ4v) is 2.74. The molecule has 0 aliphatic carbocycles. The van der Waals surface area contributed by atoms with E-state index in [1.807, 2.05) is 19.2 Å². The largest absolute Gasteiger partial charge is 0.370 e. The molecule has 2 rings (SSSR count). The lowest BCUT2D eigenvalue weighted by Crippen LogP contribution is -2.37. The zero-order chi connectivity index (χ0) is 13.8. The van der Waals surface area contributed by atoms with E-state index in [1.54, 1.807) is 0 Å². The summed E-state index contributed by atoms with van der Waals surface area (Å²) in [6.45, 7) is 5.44. The summed E-state index contributed by atoms with van der Waals surface area (Å²) in [5, 5.41) is 0. The Balaban J connectivity index is 1.90. The highest BCUT2D eigenvalue weighted by Gasteiger charge is 2.20. The van der Waals surface area contributed by atoms with Gasteiger partial charge >= 0.3 is 0 Å². The van der Waals surface area contributed by atoms with Crippen molar-refractivity contribution in [3.63, 3.8) is 0 Å². The number of aromatic nitrogens is 1. The Bertz CT molecular complexity index is 378. The van der Waals surface area contributed by atoms with E-state index >= 15 is 0 Å². The summed E-state index contributed by atoms with van der Waals surface area (Å²) in [7, 11) is 4.31. The molecule has 1 saturated heterocycles. The minimum absolute atomic E-state index is 0.0138. The normalized spacial score (nSPS) is 18.9. The minimum atomic E-state index is 0.0138. The first-order chi connectivity index (χ1) is 9.06. The third-order valence-electron chi connectivity index (χ3n) is 3.84. The van der Waals surface area contributed by atoms with Crippen LogP contribution in [0.15, 0.2) is 18.3 Å². The van der Waals surface area contributed by atoms with Crippen molar-refractivity contribution >= 4 is 5.69 Å². The van der Waals surface area contributed by atoms with Crippen molar-refractivity contribution in [3.05, 3.63) is 24.0 Å². The topological polar surface area (TPSA) is 45.4 Å². The van der Waals surface area contributed by atoms with Gasteiger partial charge in [-0.05, 0) is 51.9 Å². The van der Waals surface area contributed by atoms with Crippen LogP contribution in [0.4, 0.5) is 5.69 Å². The highest BCUT2D eigenvalue weighted by atomic mass is 15.1. The molecular formula is C15H26N4. The summed E-state index contributed by atoms with van der Waals surface area (Å²) in [5.74, 6) is 0.836. The molecule has 1 aliphatic rings. The van der Waals surface area contributed by atoms with Crippen molar-refractivity contribution in [2.45, 2.75) is 25.8 Å². The van der Waals surface area contributed by atoms with E-state index in [1.165, 1.54) is 25.1 Å². The van der Waals surface area contributed by atoms with Crippen LogP contribution in [0.25, 0.3) is 0 Å². The average molecular weight is 262 g/mol. The smallest absolute Gasteiger partial charge is 0.0569 e. The Morgan fingerprint density at radius 3 is 2.53 bits per heavy atom. The second kappa shape index (κ2) is 6.35. The van der Waals surface area contributed by atoms with Gasteiger partial charge in [-0.15, -0.1) is 0 Å². The zero-order valence-electron chi connectivity index (χ0n) is 12.3. The minimum Gasteiger partial charge on any atom is -0.370 e. The molecule has 0 bridgehead atoms. The summed E-state index contributed by atoms with van der Waals surface area (Å²) < 4.78 is 0. The van der Waals surface area contributed by atoms with Gasteiger partial charge in [0.25, 0.3) is 0 Å². The maximum Gasteiger partial charge on any atom is 0.0569 e. The maximum atomic E-state index is 5.83. The molecule has 4 heteroatoms. The maximum absolute atomic E-state index is 5.83. The number of piperidine rings is 1. The van der Waals surface area contributed by atoms with Crippen molar-refractivity contribution < 1.29 is 0 Å². The number of nitrogens with two attached hydrogens (primary N) is 1. The molecule has 0 saturated carbocycles. The van der Waals surface area contributed by atoms with Crippen LogP contribution in [0, 0.1) is 5.92 Å². The lowest BCUT2D eigenvalue weighted by atomic mass is 9.96. The molecule has 4 nitrogen and oxygen atoms in total. The van der Waals surface area contributed by atoms with Crippen LogP contribution in [0.3, 0.4) is 0 Å². The van der Waals surface area contributed by atoms with Crippen molar-refractivity contribution in [2.75, 3.05) is 38.6 Å². The van der Waals surface area contributed by atoms with Crippen LogP contribution in [-0.4, -0.2) is 43.6 Å². The number of anilines is 1. The summed E-state index contributed by atoms with van der Waals surface area (Å²) in [5.41, 5.74) is 8.02. The molecule has 2 N–H and O–H groups in total. The van der Waals surface area contributed by atoms with Crippen LogP contribution in [0.5, 0.6) is 0 Å². The second-order valence-electron chi connectivity index (χ2n) is 5.92. The number of hydrogen-bond donors (Lipinski definition) is 1. The molecule has 0 unspecified atom stereocenters. The van der Waals surface area contributed by atoms with Gasteiger partial charge in [-0.3, -0.25) is 4.98 Å². The van der Waals surface area contributed by atoms with E-state index in [0.29, 0.717) is 0 Å². The molecule has 1 aromatic heterocycles. The Morgan fingerprint density at radius 1 is 1.37 bits per heavy atom. The summed E-state index contributed by atoms with van der Waals surface area (Å²) in [6.07, 6.45) is 4.51. The lowest BCUT2D eigenvalue weighted by molar-refractivity contribution is 0.285. The first-order valence-electron chi connectivity index (χ1n) is 7.17. The number of rotatable bonds is 4. The molecule has 1 atom stereocenters. The molecule has 19 heavy (non-hydrogen) atoms.